The molecule has 1 aliphatic heterocycles. The van der Waals surface area contributed by atoms with Crippen LogP contribution in [0.4, 0.5) is 0 Å². The molecule has 0 amide bonds. The van der Waals surface area contributed by atoms with E-state index in [1.165, 1.54) is 6.39 Å². The van der Waals surface area contributed by atoms with Crippen molar-refractivity contribution in [3.8, 4) is 0 Å². The van der Waals surface area contributed by atoms with Crippen LogP contribution in [0.2, 0.25) is 0 Å². The van der Waals surface area contributed by atoms with E-state index in [0.717, 1.165) is 31.0 Å². The fourth-order valence-electron chi connectivity index (χ4n) is 2.26. The van der Waals surface area contributed by atoms with Gasteiger partial charge in [-0.05, 0) is 20.4 Å². The molecule has 0 saturated carbocycles. The maximum absolute atomic E-state index is 5.97. The lowest BCUT2D eigenvalue weighted by Gasteiger charge is -2.32. The van der Waals surface area contributed by atoms with Crippen molar-refractivity contribution in [3.05, 3.63) is 17.8 Å². The summed E-state index contributed by atoms with van der Waals surface area (Å²) in [6.45, 7) is 3.98. The van der Waals surface area contributed by atoms with E-state index in [9.17, 15) is 0 Å². The van der Waals surface area contributed by atoms with Gasteiger partial charge in [-0.3, -0.25) is 0 Å². The van der Waals surface area contributed by atoms with Gasteiger partial charge in [-0.2, -0.15) is 0 Å². The molecule has 2 rings (SSSR count). The van der Waals surface area contributed by atoms with Crippen molar-refractivity contribution in [2.75, 3.05) is 20.1 Å². The molecule has 1 aliphatic rings. The van der Waals surface area contributed by atoms with Gasteiger partial charge in [-0.15, -0.1) is 0 Å². The summed E-state index contributed by atoms with van der Waals surface area (Å²) in [6.07, 6.45) is 2.52. The van der Waals surface area contributed by atoms with Crippen LogP contribution in [0.1, 0.15) is 23.8 Å². The summed E-state index contributed by atoms with van der Waals surface area (Å²) in [5.41, 5.74) is 6.97. The average Bonchev–Trinajstić information content (AvgIpc) is 2.49. The zero-order chi connectivity index (χ0) is 10.1. The molecule has 0 aliphatic carbocycles. The molecule has 4 heteroatoms. The fourth-order valence-corrected chi connectivity index (χ4v) is 2.26. The smallest absolute Gasteiger partial charge is 0.181 e. The zero-order valence-corrected chi connectivity index (χ0v) is 8.73. The molecule has 0 aromatic carbocycles. The lowest BCUT2D eigenvalue weighted by Crippen LogP contribution is -2.44. The highest BCUT2D eigenvalue weighted by molar-refractivity contribution is 5.13. The van der Waals surface area contributed by atoms with Crippen LogP contribution in [0.15, 0.2) is 10.8 Å². The van der Waals surface area contributed by atoms with Crippen LogP contribution < -0.4 is 5.73 Å². The first-order valence-corrected chi connectivity index (χ1v) is 5.01. The van der Waals surface area contributed by atoms with E-state index < -0.39 is 0 Å². The summed E-state index contributed by atoms with van der Waals surface area (Å²) in [6, 6.07) is 0.253. The average molecular weight is 195 g/mol. The highest BCUT2D eigenvalue weighted by atomic mass is 16.3. The van der Waals surface area contributed by atoms with Gasteiger partial charge < -0.3 is 15.1 Å². The van der Waals surface area contributed by atoms with Gasteiger partial charge in [0.2, 0.25) is 0 Å². The highest BCUT2D eigenvalue weighted by Crippen LogP contribution is 2.27. The summed E-state index contributed by atoms with van der Waals surface area (Å²) in [5.74, 6) is 1.42. The van der Waals surface area contributed by atoms with Gasteiger partial charge in [0.15, 0.2) is 6.39 Å². The number of hydrogen-bond acceptors (Lipinski definition) is 4. The second kappa shape index (κ2) is 3.71. The molecule has 78 valence electrons. The molecular formula is C10H17N3O. The van der Waals surface area contributed by atoms with Gasteiger partial charge in [0.25, 0.3) is 0 Å². The number of hydrogen-bond donors (Lipinski definition) is 1. The lowest BCUT2D eigenvalue weighted by atomic mass is 9.92. The van der Waals surface area contributed by atoms with Crippen molar-refractivity contribution in [3.63, 3.8) is 0 Å². The minimum Gasteiger partial charge on any atom is -0.448 e. The van der Waals surface area contributed by atoms with Crippen LogP contribution in [0.3, 0.4) is 0 Å². The Kier molecular flexibility index (Phi) is 2.56. The predicted molar refractivity (Wildman–Crippen MR) is 54.1 cm³/mol. The Labute approximate surface area is 84.1 Å². The normalized spacial score (nSPS) is 29.4. The van der Waals surface area contributed by atoms with Crippen molar-refractivity contribution in [1.82, 2.24) is 9.88 Å². The number of likely N-dealkylation sites (N-methyl/N-ethyl adjacent to an activating group) is 1. The van der Waals surface area contributed by atoms with Gasteiger partial charge in [0, 0.05) is 25.0 Å². The number of nitrogens with two attached hydrogens (primary N) is 1. The first-order chi connectivity index (χ1) is 6.66. The molecule has 0 radical (unpaired) electrons. The minimum absolute atomic E-state index is 0.253. The molecule has 1 aromatic rings. The second-order valence-corrected chi connectivity index (χ2v) is 4.22. The molecule has 4 nitrogen and oxygen atoms in total. The number of likely N-dealkylation sites (tertiary alicyclic amines) is 1. The van der Waals surface area contributed by atoms with E-state index in [2.05, 4.69) is 16.9 Å². The van der Waals surface area contributed by atoms with Gasteiger partial charge in [0.1, 0.15) is 5.76 Å². The van der Waals surface area contributed by atoms with E-state index in [1.807, 2.05) is 6.92 Å². The number of aryl methyl sites for hydroxylation is 1. The summed E-state index contributed by atoms with van der Waals surface area (Å²) >= 11 is 0. The molecule has 1 saturated heterocycles. The minimum atomic E-state index is 0.253. The molecule has 2 N–H and O–H groups in total. The quantitative estimate of drug-likeness (QED) is 0.717. The third-order valence-corrected chi connectivity index (χ3v) is 2.82. The Hall–Kier alpha value is -0.870. The van der Waals surface area contributed by atoms with E-state index in [0.29, 0.717) is 5.92 Å². The molecule has 1 fully saturated rings. The van der Waals surface area contributed by atoms with Gasteiger partial charge in [-0.25, -0.2) is 4.98 Å². The molecule has 14 heavy (non-hydrogen) atoms. The van der Waals surface area contributed by atoms with E-state index in [-0.39, 0.29) is 6.04 Å². The van der Waals surface area contributed by atoms with Crippen LogP contribution in [-0.2, 0) is 0 Å². The number of piperidine rings is 1. The van der Waals surface area contributed by atoms with Crippen LogP contribution in [0.5, 0.6) is 0 Å². The molecule has 2 heterocycles. The molecule has 0 bridgehead atoms. The Balaban J connectivity index is 2.15. The van der Waals surface area contributed by atoms with Crippen molar-refractivity contribution in [1.29, 1.82) is 0 Å². The molecule has 1 aromatic heterocycles. The summed E-state index contributed by atoms with van der Waals surface area (Å²) in [7, 11) is 2.09. The third kappa shape index (κ3) is 1.81. The number of rotatable bonds is 1. The largest absolute Gasteiger partial charge is 0.448 e. The van der Waals surface area contributed by atoms with Crippen LogP contribution in [-0.4, -0.2) is 36.1 Å². The van der Waals surface area contributed by atoms with Crippen LogP contribution in [0.25, 0.3) is 0 Å². The Morgan fingerprint density at radius 2 is 2.36 bits per heavy atom. The van der Waals surface area contributed by atoms with Crippen LogP contribution >= 0.6 is 0 Å². The lowest BCUT2D eigenvalue weighted by molar-refractivity contribution is 0.212. The van der Waals surface area contributed by atoms with Crippen molar-refractivity contribution in [2.45, 2.75) is 25.3 Å². The first kappa shape index (κ1) is 9.68. The Bertz CT molecular complexity index is 300. The maximum Gasteiger partial charge on any atom is 0.181 e. The molecular weight excluding hydrogens is 178 g/mol. The number of oxazole rings is 1. The zero-order valence-electron chi connectivity index (χ0n) is 8.73. The Morgan fingerprint density at radius 1 is 1.57 bits per heavy atom. The van der Waals surface area contributed by atoms with Crippen molar-refractivity contribution < 1.29 is 4.42 Å². The second-order valence-electron chi connectivity index (χ2n) is 4.22. The summed E-state index contributed by atoms with van der Waals surface area (Å²) in [5, 5.41) is 0. The first-order valence-electron chi connectivity index (χ1n) is 5.01. The van der Waals surface area contributed by atoms with Gasteiger partial charge >= 0.3 is 0 Å². The monoisotopic (exact) mass is 195 g/mol. The van der Waals surface area contributed by atoms with Crippen LogP contribution in [0, 0.1) is 6.92 Å². The fraction of sp³-hybridized carbons (Fsp3) is 0.700. The van der Waals surface area contributed by atoms with E-state index in [4.69, 9.17) is 10.2 Å². The van der Waals surface area contributed by atoms with Gasteiger partial charge in [-0.1, -0.05) is 0 Å². The SMILES string of the molecule is Cc1ncoc1C1CC(N)CN(C)C1. The van der Waals surface area contributed by atoms with Crippen molar-refractivity contribution >= 4 is 0 Å². The van der Waals surface area contributed by atoms with E-state index in [1.54, 1.807) is 0 Å². The Morgan fingerprint density at radius 3 is 2.93 bits per heavy atom. The van der Waals surface area contributed by atoms with E-state index >= 15 is 0 Å². The maximum atomic E-state index is 5.97. The molecule has 2 atom stereocenters. The predicted octanol–water partition coefficient (Wildman–Crippen LogP) is 0.729. The topological polar surface area (TPSA) is 55.3 Å². The summed E-state index contributed by atoms with van der Waals surface area (Å²) in [4.78, 5) is 6.37. The van der Waals surface area contributed by atoms with Crippen molar-refractivity contribution in [2.24, 2.45) is 5.73 Å². The number of aromatic nitrogens is 1. The van der Waals surface area contributed by atoms with Gasteiger partial charge in [0.05, 0.1) is 5.69 Å². The third-order valence-electron chi connectivity index (χ3n) is 2.82. The summed E-state index contributed by atoms with van der Waals surface area (Å²) < 4.78 is 5.41. The highest BCUT2D eigenvalue weighted by Gasteiger charge is 2.27. The molecule has 0 spiro atoms. The number of nitrogens with zero attached hydrogens (tertiary/aromatic N) is 2. The molecule has 2 unspecified atom stereocenters. The standard InChI is InChI=1S/C10H17N3O/c1-7-10(14-6-12-7)8-3-9(11)5-13(2)4-8/h6,8-9H,3-5,11H2,1-2H3.